The lowest BCUT2D eigenvalue weighted by atomic mass is 10.2. The van der Waals surface area contributed by atoms with Crippen LogP contribution in [0.4, 0.5) is 0 Å². The van der Waals surface area contributed by atoms with Gasteiger partial charge in [-0.2, -0.15) is 4.98 Å². The van der Waals surface area contributed by atoms with Crippen LogP contribution in [0.3, 0.4) is 0 Å². The molecule has 6 nitrogen and oxygen atoms in total. The number of aromatic nitrogens is 3. The molecule has 0 saturated carbocycles. The first-order valence-corrected chi connectivity index (χ1v) is 10.0. The Morgan fingerprint density at radius 2 is 1.67 bits per heavy atom. The first-order valence-electron chi connectivity index (χ1n) is 8.16. The fourth-order valence-electron chi connectivity index (χ4n) is 2.62. The third kappa shape index (κ3) is 3.63. The van der Waals surface area contributed by atoms with Gasteiger partial charge in [0.05, 0.1) is 15.8 Å². The van der Waals surface area contributed by atoms with Crippen molar-refractivity contribution >= 4 is 20.7 Å². The van der Waals surface area contributed by atoms with Crippen molar-refractivity contribution in [2.24, 2.45) is 0 Å². The second-order valence-electron chi connectivity index (χ2n) is 5.96. The minimum absolute atomic E-state index is 0.235. The maximum atomic E-state index is 11.6. The van der Waals surface area contributed by atoms with Gasteiger partial charge >= 0.3 is 0 Å². The maximum absolute atomic E-state index is 11.6. The first-order chi connectivity index (χ1) is 13.0. The van der Waals surface area contributed by atoms with Gasteiger partial charge in [0, 0.05) is 24.2 Å². The molecular formula is C20H15N3O3S. The summed E-state index contributed by atoms with van der Waals surface area (Å²) in [6.45, 7) is 0. The van der Waals surface area contributed by atoms with Crippen LogP contribution in [0.5, 0.6) is 11.6 Å². The Kier molecular flexibility index (Phi) is 4.29. The zero-order chi connectivity index (χ0) is 18.9. The van der Waals surface area contributed by atoms with E-state index in [-0.39, 0.29) is 4.90 Å². The molecule has 0 N–H and O–H groups in total. The molecule has 0 aliphatic rings. The van der Waals surface area contributed by atoms with Crippen molar-refractivity contribution in [3.63, 3.8) is 0 Å². The summed E-state index contributed by atoms with van der Waals surface area (Å²) in [7, 11) is -3.26. The highest BCUT2D eigenvalue weighted by Gasteiger charge is 2.12. The summed E-state index contributed by atoms with van der Waals surface area (Å²) in [5.41, 5.74) is 1.52. The third-order valence-electron chi connectivity index (χ3n) is 3.95. The zero-order valence-electron chi connectivity index (χ0n) is 14.4. The SMILES string of the molecule is CS(=O)(=O)c1ccc(Oc2nc(-c3cccnc3)nc3ccccc23)cc1. The van der Waals surface area contributed by atoms with Crippen molar-refractivity contribution in [2.75, 3.05) is 6.26 Å². The smallest absolute Gasteiger partial charge is 0.230 e. The minimum Gasteiger partial charge on any atom is -0.438 e. The highest BCUT2D eigenvalue weighted by atomic mass is 32.2. The standard InChI is InChI=1S/C20H15N3O3S/c1-27(24,25)16-10-8-15(9-11-16)26-20-17-6-2-3-7-18(17)22-19(23-20)14-5-4-12-21-13-14/h2-13H,1H3. The molecule has 134 valence electrons. The summed E-state index contributed by atoms with van der Waals surface area (Å²) in [6.07, 6.45) is 4.54. The number of sulfone groups is 1. The van der Waals surface area contributed by atoms with Crippen LogP contribution < -0.4 is 4.74 Å². The number of hydrogen-bond donors (Lipinski definition) is 0. The van der Waals surface area contributed by atoms with Crippen molar-refractivity contribution in [2.45, 2.75) is 4.90 Å². The van der Waals surface area contributed by atoms with Gasteiger partial charge in [-0.1, -0.05) is 12.1 Å². The van der Waals surface area contributed by atoms with Crippen LogP contribution in [0.1, 0.15) is 0 Å². The van der Waals surface area contributed by atoms with E-state index in [1.165, 1.54) is 18.4 Å². The number of benzene rings is 2. The van der Waals surface area contributed by atoms with Crippen LogP contribution in [-0.2, 0) is 9.84 Å². The molecule has 0 bridgehead atoms. The number of para-hydroxylation sites is 1. The van der Waals surface area contributed by atoms with E-state index >= 15 is 0 Å². The summed E-state index contributed by atoms with van der Waals surface area (Å²) >= 11 is 0. The van der Waals surface area contributed by atoms with Crippen molar-refractivity contribution in [3.8, 4) is 23.0 Å². The van der Waals surface area contributed by atoms with Gasteiger partial charge in [-0.25, -0.2) is 13.4 Å². The van der Waals surface area contributed by atoms with Crippen molar-refractivity contribution in [1.29, 1.82) is 0 Å². The van der Waals surface area contributed by atoms with E-state index < -0.39 is 9.84 Å². The van der Waals surface area contributed by atoms with Gasteiger partial charge in [0.2, 0.25) is 5.88 Å². The highest BCUT2D eigenvalue weighted by molar-refractivity contribution is 7.90. The van der Waals surface area contributed by atoms with Crippen molar-refractivity contribution in [3.05, 3.63) is 73.1 Å². The summed E-state index contributed by atoms with van der Waals surface area (Å²) in [5, 5.41) is 0.761. The average molecular weight is 377 g/mol. The molecule has 0 spiro atoms. The molecule has 2 aromatic heterocycles. The number of nitrogens with zero attached hydrogens (tertiary/aromatic N) is 3. The summed E-state index contributed by atoms with van der Waals surface area (Å²) in [4.78, 5) is 13.5. The van der Waals surface area contributed by atoms with Gasteiger partial charge in [-0.05, 0) is 48.5 Å². The van der Waals surface area contributed by atoms with Gasteiger partial charge < -0.3 is 4.74 Å². The monoisotopic (exact) mass is 377 g/mol. The van der Waals surface area contributed by atoms with Crippen LogP contribution in [0.15, 0.2) is 78.0 Å². The molecule has 7 heteroatoms. The van der Waals surface area contributed by atoms with Gasteiger partial charge in [0.1, 0.15) is 5.75 Å². The number of fused-ring (bicyclic) bond motifs is 1. The number of pyridine rings is 1. The van der Waals surface area contributed by atoms with E-state index in [0.717, 1.165) is 16.5 Å². The first kappa shape index (κ1) is 17.1. The molecule has 0 aliphatic heterocycles. The molecule has 2 aromatic carbocycles. The van der Waals surface area contributed by atoms with Crippen molar-refractivity contribution in [1.82, 2.24) is 15.0 Å². The van der Waals surface area contributed by atoms with Gasteiger partial charge in [-0.15, -0.1) is 0 Å². The Labute approximate surface area is 156 Å². The van der Waals surface area contributed by atoms with Crippen LogP contribution in [-0.4, -0.2) is 29.6 Å². The Bertz CT molecular complexity index is 1210. The second kappa shape index (κ2) is 6.77. The Balaban J connectivity index is 1.78. The molecule has 0 saturated heterocycles. The fourth-order valence-corrected chi connectivity index (χ4v) is 3.25. The second-order valence-corrected chi connectivity index (χ2v) is 7.97. The van der Waals surface area contributed by atoms with Crippen molar-refractivity contribution < 1.29 is 13.2 Å². The lowest BCUT2D eigenvalue weighted by Gasteiger charge is -2.10. The fraction of sp³-hybridized carbons (Fsp3) is 0.0500. The van der Waals surface area contributed by atoms with Gasteiger partial charge in [-0.3, -0.25) is 4.98 Å². The van der Waals surface area contributed by atoms with Gasteiger partial charge in [0.15, 0.2) is 15.7 Å². The maximum Gasteiger partial charge on any atom is 0.230 e. The Morgan fingerprint density at radius 1 is 0.889 bits per heavy atom. The molecule has 4 rings (SSSR count). The summed E-state index contributed by atoms with van der Waals surface area (Å²) in [5.74, 6) is 1.39. The molecule has 0 atom stereocenters. The molecular weight excluding hydrogens is 362 g/mol. The topological polar surface area (TPSA) is 82.0 Å². The quantitative estimate of drug-likeness (QED) is 0.537. The number of rotatable bonds is 4. The predicted octanol–water partition coefficient (Wildman–Crippen LogP) is 3.89. The Hall–Kier alpha value is -3.32. The lowest BCUT2D eigenvalue weighted by Crippen LogP contribution is -1.98. The van der Waals surface area contributed by atoms with E-state index in [2.05, 4.69) is 15.0 Å². The summed E-state index contributed by atoms with van der Waals surface area (Å²) in [6, 6.07) is 17.5. The third-order valence-corrected chi connectivity index (χ3v) is 5.08. The molecule has 0 amide bonds. The van der Waals surface area contributed by atoms with Crippen LogP contribution in [0.25, 0.3) is 22.3 Å². The molecule has 0 fully saturated rings. The lowest BCUT2D eigenvalue weighted by molar-refractivity contribution is 0.468. The van der Waals surface area contributed by atoms with E-state index in [1.54, 1.807) is 24.5 Å². The Morgan fingerprint density at radius 3 is 2.37 bits per heavy atom. The van der Waals surface area contributed by atoms with E-state index in [0.29, 0.717) is 17.5 Å². The molecule has 4 aromatic rings. The molecule has 27 heavy (non-hydrogen) atoms. The van der Waals surface area contributed by atoms with Crippen LogP contribution in [0, 0.1) is 0 Å². The largest absolute Gasteiger partial charge is 0.438 e. The normalized spacial score (nSPS) is 11.4. The van der Waals surface area contributed by atoms with Crippen LogP contribution in [0.2, 0.25) is 0 Å². The summed E-state index contributed by atoms with van der Waals surface area (Å²) < 4.78 is 29.2. The number of ether oxygens (including phenoxy) is 1. The molecule has 0 radical (unpaired) electrons. The van der Waals surface area contributed by atoms with Crippen LogP contribution >= 0.6 is 0 Å². The average Bonchev–Trinajstić information content (AvgIpc) is 2.68. The van der Waals surface area contributed by atoms with Gasteiger partial charge in [0.25, 0.3) is 0 Å². The molecule has 2 heterocycles. The minimum atomic E-state index is -3.26. The van der Waals surface area contributed by atoms with E-state index in [9.17, 15) is 8.42 Å². The van der Waals surface area contributed by atoms with E-state index in [4.69, 9.17) is 4.74 Å². The molecule has 0 unspecified atom stereocenters. The van der Waals surface area contributed by atoms with E-state index in [1.807, 2.05) is 36.4 Å². The zero-order valence-corrected chi connectivity index (χ0v) is 15.2. The molecule has 0 aliphatic carbocycles. The number of hydrogen-bond acceptors (Lipinski definition) is 6. The highest BCUT2D eigenvalue weighted by Crippen LogP contribution is 2.30. The predicted molar refractivity (Wildman–Crippen MR) is 102 cm³/mol.